The number of ether oxygens (including phenoxy) is 2. The standard InChI is InChI=1S/C23H27N3O7/c1-32-19-12-16(13-20(15-19)33-2)14-21(17-7-9-18(10-8-17)26(30)31)23(28)24-11-5-3-4-6-22(27)25-29/h7-10,12-15,29H,3-6,11H2,1-2H3,(H,24,28)(H,25,27). The summed E-state index contributed by atoms with van der Waals surface area (Å²) in [5.41, 5.74) is 3.00. The lowest BCUT2D eigenvalue weighted by Crippen LogP contribution is -2.25. The molecule has 33 heavy (non-hydrogen) atoms. The Morgan fingerprint density at radius 3 is 2.21 bits per heavy atom. The molecule has 2 amide bonds. The van der Waals surface area contributed by atoms with Crippen molar-refractivity contribution in [3.05, 3.63) is 63.7 Å². The molecule has 2 aromatic carbocycles. The van der Waals surface area contributed by atoms with Gasteiger partial charge in [0, 0.05) is 36.7 Å². The van der Waals surface area contributed by atoms with Gasteiger partial charge in [-0.25, -0.2) is 5.48 Å². The number of rotatable bonds is 12. The lowest BCUT2D eigenvalue weighted by molar-refractivity contribution is -0.384. The largest absolute Gasteiger partial charge is 0.497 e. The van der Waals surface area contributed by atoms with E-state index in [-0.39, 0.29) is 18.0 Å². The summed E-state index contributed by atoms with van der Waals surface area (Å²) in [5.74, 6) is 0.307. The molecule has 0 saturated carbocycles. The Labute approximate surface area is 191 Å². The fraction of sp³-hybridized carbons (Fsp3) is 0.304. The molecular weight excluding hydrogens is 430 g/mol. The van der Waals surface area contributed by atoms with E-state index >= 15 is 0 Å². The average molecular weight is 457 g/mol. The molecule has 10 nitrogen and oxygen atoms in total. The van der Waals surface area contributed by atoms with Gasteiger partial charge in [0.05, 0.1) is 19.1 Å². The van der Waals surface area contributed by atoms with Crippen LogP contribution in [0.3, 0.4) is 0 Å². The number of hydroxylamine groups is 1. The summed E-state index contributed by atoms with van der Waals surface area (Å²) in [6.45, 7) is 0.380. The van der Waals surface area contributed by atoms with Crippen LogP contribution in [0.25, 0.3) is 11.6 Å². The van der Waals surface area contributed by atoms with E-state index in [0.717, 1.165) is 0 Å². The second-order valence-corrected chi connectivity index (χ2v) is 7.11. The number of unbranched alkanes of at least 4 members (excludes halogenated alkanes) is 2. The SMILES string of the molecule is COc1cc(C=C(C(=O)NCCCCCC(=O)NO)c2ccc([N+](=O)[O-])cc2)cc(OC)c1. The Morgan fingerprint density at radius 1 is 1.03 bits per heavy atom. The van der Waals surface area contributed by atoms with Gasteiger partial charge in [-0.3, -0.25) is 24.9 Å². The van der Waals surface area contributed by atoms with E-state index < -0.39 is 10.8 Å². The highest BCUT2D eigenvalue weighted by atomic mass is 16.6. The van der Waals surface area contributed by atoms with Crippen LogP contribution in [-0.4, -0.2) is 42.7 Å². The molecule has 0 atom stereocenters. The zero-order valence-corrected chi connectivity index (χ0v) is 18.5. The molecule has 0 aliphatic rings. The first-order valence-corrected chi connectivity index (χ1v) is 10.3. The molecule has 0 aliphatic carbocycles. The van der Waals surface area contributed by atoms with Crippen LogP contribution in [0.15, 0.2) is 42.5 Å². The zero-order valence-electron chi connectivity index (χ0n) is 18.5. The number of nitro groups is 1. The highest BCUT2D eigenvalue weighted by molar-refractivity contribution is 6.24. The van der Waals surface area contributed by atoms with Gasteiger partial charge in [-0.05, 0) is 54.3 Å². The Kier molecular flexibility index (Phi) is 9.84. The molecule has 0 spiro atoms. The van der Waals surface area contributed by atoms with Gasteiger partial charge in [0.2, 0.25) is 5.91 Å². The topological polar surface area (TPSA) is 140 Å². The third kappa shape index (κ3) is 7.93. The molecule has 0 unspecified atom stereocenters. The van der Waals surface area contributed by atoms with Crippen LogP contribution in [0.4, 0.5) is 5.69 Å². The van der Waals surface area contributed by atoms with Gasteiger partial charge in [-0.2, -0.15) is 0 Å². The van der Waals surface area contributed by atoms with Crippen molar-refractivity contribution in [2.75, 3.05) is 20.8 Å². The Hall–Kier alpha value is -3.92. The molecule has 176 valence electrons. The molecule has 0 bridgehead atoms. The number of amides is 2. The van der Waals surface area contributed by atoms with Crippen LogP contribution >= 0.6 is 0 Å². The third-order valence-electron chi connectivity index (χ3n) is 4.81. The Bertz CT molecular complexity index is 981. The predicted molar refractivity (Wildman–Crippen MR) is 122 cm³/mol. The molecule has 0 heterocycles. The number of nitrogens with zero attached hydrogens (tertiary/aromatic N) is 1. The van der Waals surface area contributed by atoms with Crippen molar-refractivity contribution in [3.63, 3.8) is 0 Å². The second-order valence-electron chi connectivity index (χ2n) is 7.11. The van der Waals surface area contributed by atoms with Crippen molar-refractivity contribution < 1.29 is 29.2 Å². The summed E-state index contributed by atoms with van der Waals surface area (Å²) in [5, 5.41) is 22.3. The van der Waals surface area contributed by atoms with E-state index in [1.807, 2.05) is 0 Å². The summed E-state index contributed by atoms with van der Waals surface area (Å²) in [6.07, 6.45) is 3.78. The number of hydrogen-bond acceptors (Lipinski definition) is 7. The zero-order chi connectivity index (χ0) is 24.2. The van der Waals surface area contributed by atoms with E-state index in [1.54, 1.807) is 29.8 Å². The van der Waals surface area contributed by atoms with Gasteiger partial charge in [0.1, 0.15) is 11.5 Å². The van der Waals surface area contributed by atoms with E-state index in [4.69, 9.17) is 14.7 Å². The first-order chi connectivity index (χ1) is 15.9. The molecule has 3 N–H and O–H groups in total. The van der Waals surface area contributed by atoms with Crippen LogP contribution in [0, 0.1) is 10.1 Å². The minimum atomic E-state index is -0.503. The highest BCUT2D eigenvalue weighted by Gasteiger charge is 2.15. The highest BCUT2D eigenvalue weighted by Crippen LogP contribution is 2.27. The molecule has 0 aromatic heterocycles. The minimum absolute atomic E-state index is 0.0755. The van der Waals surface area contributed by atoms with Crippen LogP contribution < -0.4 is 20.3 Å². The van der Waals surface area contributed by atoms with Crippen LogP contribution in [0.1, 0.15) is 36.8 Å². The van der Waals surface area contributed by atoms with Crippen molar-refractivity contribution in [2.24, 2.45) is 0 Å². The second kappa shape index (κ2) is 12.8. The van der Waals surface area contributed by atoms with Gasteiger partial charge >= 0.3 is 0 Å². The molecular formula is C23H27N3O7. The predicted octanol–water partition coefficient (Wildman–Crippen LogP) is 3.33. The maximum atomic E-state index is 13.0. The Morgan fingerprint density at radius 2 is 1.67 bits per heavy atom. The minimum Gasteiger partial charge on any atom is -0.497 e. The summed E-state index contributed by atoms with van der Waals surface area (Å²) in [7, 11) is 3.05. The fourth-order valence-electron chi connectivity index (χ4n) is 3.06. The number of non-ortho nitro benzene ring substituents is 1. The summed E-state index contributed by atoms with van der Waals surface area (Å²) >= 11 is 0. The average Bonchev–Trinajstić information content (AvgIpc) is 2.83. The Balaban J connectivity index is 2.22. The molecule has 0 radical (unpaired) electrons. The van der Waals surface area contributed by atoms with Gasteiger partial charge < -0.3 is 14.8 Å². The number of methoxy groups -OCH3 is 2. The smallest absolute Gasteiger partial charge is 0.269 e. The van der Waals surface area contributed by atoms with Gasteiger partial charge in [0.15, 0.2) is 0 Å². The van der Waals surface area contributed by atoms with Crippen LogP contribution in [0.2, 0.25) is 0 Å². The number of nitrogens with one attached hydrogen (secondary N) is 2. The molecule has 2 aromatic rings. The van der Waals surface area contributed by atoms with Crippen molar-refractivity contribution >= 4 is 29.2 Å². The number of carbonyl (C=O) groups excluding carboxylic acids is 2. The van der Waals surface area contributed by atoms with Crippen molar-refractivity contribution in [1.82, 2.24) is 10.8 Å². The number of benzene rings is 2. The summed E-state index contributed by atoms with van der Waals surface area (Å²) in [6, 6.07) is 10.9. The van der Waals surface area contributed by atoms with E-state index in [9.17, 15) is 19.7 Å². The molecule has 0 saturated heterocycles. The first kappa shape index (κ1) is 25.3. The van der Waals surface area contributed by atoms with Gasteiger partial charge in [-0.1, -0.05) is 6.42 Å². The van der Waals surface area contributed by atoms with Crippen molar-refractivity contribution in [3.8, 4) is 11.5 Å². The number of hydrogen-bond donors (Lipinski definition) is 3. The van der Waals surface area contributed by atoms with Crippen LogP contribution in [0.5, 0.6) is 11.5 Å². The van der Waals surface area contributed by atoms with E-state index in [0.29, 0.717) is 54.0 Å². The van der Waals surface area contributed by atoms with Crippen molar-refractivity contribution in [2.45, 2.75) is 25.7 Å². The quantitative estimate of drug-likeness (QED) is 0.111. The monoisotopic (exact) mass is 457 g/mol. The summed E-state index contributed by atoms with van der Waals surface area (Å²) in [4.78, 5) is 34.5. The van der Waals surface area contributed by atoms with E-state index in [1.165, 1.54) is 38.5 Å². The molecule has 2 rings (SSSR count). The normalized spacial score (nSPS) is 10.9. The maximum Gasteiger partial charge on any atom is 0.269 e. The van der Waals surface area contributed by atoms with Gasteiger partial charge in [0.25, 0.3) is 11.6 Å². The number of carbonyl (C=O) groups is 2. The van der Waals surface area contributed by atoms with Crippen LogP contribution in [-0.2, 0) is 9.59 Å². The molecule has 0 aliphatic heterocycles. The van der Waals surface area contributed by atoms with Gasteiger partial charge in [-0.15, -0.1) is 0 Å². The number of nitro benzene ring substituents is 1. The molecule has 10 heteroatoms. The summed E-state index contributed by atoms with van der Waals surface area (Å²) < 4.78 is 10.6. The first-order valence-electron chi connectivity index (χ1n) is 10.3. The fourth-order valence-corrected chi connectivity index (χ4v) is 3.06. The van der Waals surface area contributed by atoms with Crippen molar-refractivity contribution in [1.29, 1.82) is 0 Å². The maximum absolute atomic E-state index is 13.0. The molecule has 0 fully saturated rings. The third-order valence-corrected chi connectivity index (χ3v) is 4.81. The lowest BCUT2D eigenvalue weighted by Gasteiger charge is -2.11. The lowest BCUT2D eigenvalue weighted by atomic mass is 10.0. The van der Waals surface area contributed by atoms with E-state index in [2.05, 4.69) is 5.32 Å².